The van der Waals surface area contributed by atoms with Gasteiger partial charge in [-0.15, -0.1) is 0 Å². The first-order chi connectivity index (χ1) is 11.7. The third kappa shape index (κ3) is 5.70. The molecular formula is C18H18FIN2O3. The monoisotopic (exact) mass is 456 g/mol. The number of anilines is 2. The van der Waals surface area contributed by atoms with Gasteiger partial charge in [-0.3, -0.25) is 10.1 Å². The van der Waals surface area contributed by atoms with E-state index in [2.05, 4.69) is 10.6 Å². The molecule has 0 bridgehead atoms. The lowest BCUT2D eigenvalue weighted by atomic mass is 10.2. The molecular weight excluding hydrogens is 438 g/mol. The van der Waals surface area contributed by atoms with Crippen molar-refractivity contribution in [2.45, 2.75) is 26.4 Å². The summed E-state index contributed by atoms with van der Waals surface area (Å²) in [6.07, 6.45) is -0.691. The summed E-state index contributed by atoms with van der Waals surface area (Å²) in [4.78, 5) is 24.4. The Morgan fingerprint density at radius 2 is 1.72 bits per heavy atom. The van der Waals surface area contributed by atoms with Crippen LogP contribution >= 0.6 is 22.6 Å². The molecule has 0 saturated carbocycles. The molecule has 2 aromatic carbocycles. The first-order valence-corrected chi connectivity index (χ1v) is 8.59. The van der Waals surface area contributed by atoms with Gasteiger partial charge < -0.3 is 10.1 Å². The van der Waals surface area contributed by atoms with Crippen LogP contribution in [0.15, 0.2) is 42.5 Å². The molecule has 0 saturated heterocycles. The van der Waals surface area contributed by atoms with Crippen molar-refractivity contribution in [3.05, 3.63) is 57.4 Å². The summed E-state index contributed by atoms with van der Waals surface area (Å²) < 4.78 is 19.5. The molecule has 0 unspecified atom stereocenters. The minimum Gasteiger partial charge on any atom is -0.444 e. The first-order valence-electron chi connectivity index (χ1n) is 7.51. The summed E-state index contributed by atoms with van der Waals surface area (Å²) >= 11 is 2.04. The minimum atomic E-state index is -0.691. The van der Waals surface area contributed by atoms with Crippen LogP contribution in [0.3, 0.4) is 0 Å². The SMILES string of the molecule is CC(C)(C)OC(=O)Nc1ccc(F)cc1NC(=O)c1ccccc1I. The van der Waals surface area contributed by atoms with E-state index in [9.17, 15) is 14.0 Å². The topological polar surface area (TPSA) is 67.4 Å². The summed E-state index contributed by atoms with van der Waals surface area (Å²) in [7, 11) is 0. The first kappa shape index (κ1) is 19.2. The summed E-state index contributed by atoms with van der Waals surface area (Å²) in [5.74, 6) is -0.935. The number of benzene rings is 2. The van der Waals surface area contributed by atoms with Gasteiger partial charge in [0.2, 0.25) is 0 Å². The van der Waals surface area contributed by atoms with Gasteiger partial charge >= 0.3 is 6.09 Å². The van der Waals surface area contributed by atoms with Crippen molar-refractivity contribution in [1.29, 1.82) is 0 Å². The van der Waals surface area contributed by atoms with Gasteiger partial charge in [-0.25, -0.2) is 9.18 Å². The highest BCUT2D eigenvalue weighted by Gasteiger charge is 2.18. The summed E-state index contributed by atoms with van der Waals surface area (Å²) in [6.45, 7) is 5.20. The lowest BCUT2D eigenvalue weighted by molar-refractivity contribution is 0.0635. The van der Waals surface area contributed by atoms with Crippen molar-refractivity contribution in [1.82, 2.24) is 0 Å². The Balaban J connectivity index is 2.23. The number of nitrogens with one attached hydrogen (secondary N) is 2. The fraction of sp³-hybridized carbons (Fsp3) is 0.222. The minimum absolute atomic E-state index is 0.149. The Morgan fingerprint density at radius 1 is 1.04 bits per heavy atom. The molecule has 0 aliphatic heterocycles. The smallest absolute Gasteiger partial charge is 0.412 e. The van der Waals surface area contributed by atoms with E-state index in [0.29, 0.717) is 5.56 Å². The van der Waals surface area contributed by atoms with Gasteiger partial charge in [-0.1, -0.05) is 12.1 Å². The number of hydrogen-bond donors (Lipinski definition) is 2. The molecule has 0 radical (unpaired) electrons. The molecule has 0 atom stereocenters. The molecule has 132 valence electrons. The highest BCUT2D eigenvalue weighted by atomic mass is 127. The molecule has 2 aromatic rings. The second kappa shape index (κ2) is 7.81. The average Bonchev–Trinajstić information content (AvgIpc) is 2.48. The molecule has 2 rings (SSSR count). The van der Waals surface area contributed by atoms with E-state index < -0.39 is 23.4 Å². The second-order valence-electron chi connectivity index (χ2n) is 6.25. The van der Waals surface area contributed by atoms with Gasteiger partial charge in [0.15, 0.2) is 0 Å². The standard InChI is InChI=1S/C18H18FIN2O3/c1-18(2,3)25-17(24)22-14-9-8-11(19)10-15(14)21-16(23)12-6-4-5-7-13(12)20/h4-10H,1-3H3,(H,21,23)(H,22,24). The molecule has 0 aliphatic carbocycles. The van der Waals surface area contributed by atoms with Crippen molar-refractivity contribution >= 4 is 46.0 Å². The zero-order valence-corrected chi connectivity index (χ0v) is 16.2. The molecule has 0 fully saturated rings. The normalized spacial score (nSPS) is 10.9. The van der Waals surface area contributed by atoms with E-state index in [1.807, 2.05) is 28.7 Å². The molecule has 2 amide bonds. The lowest BCUT2D eigenvalue weighted by Gasteiger charge is -2.20. The Bertz CT molecular complexity index is 803. The van der Waals surface area contributed by atoms with Crippen LogP contribution in [0.4, 0.5) is 20.6 Å². The van der Waals surface area contributed by atoms with Crippen LogP contribution in [0.5, 0.6) is 0 Å². The Kier molecular flexibility index (Phi) is 5.99. The largest absolute Gasteiger partial charge is 0.444 e. The number of carbonyl (C=O) groups is 2. The fourth-order valence-electron chi connectivity index (χ4n) is 1.98. The number of rotatable bonds is 3. The number of carbonyl (C=O) groups excluding carboxylic acids is 2. The molecule has 7 heteroatoms. The molecule has 0 aliphatic rings. The third-order valence-corrected chi connectivity index (χ3v) is 3.92. The van der Waals surface area contributed by atoms with Gasteiger partial charge in [0, 0.05) is 3.57 Å². The van der Waals surface area contributed by atoms with Crippen molar-refractivity contribution in [3.63, 3.8) is 0 Å². The van der Waals surface area contributed by atoms with Crippen LogP contribution < -0.4 is 10.6 Å². The van der Waals surface area contributed by atoms with E-state index in [4.69, 9.17) is 4.74 Å². The number of halogens is 2. The highest BCUT2D eigenvalue weighted by Crippen LogP contribution is 2.25. The molecule has 0 aromatic heterocycles. The van der Waals surface area contributed by atoms with Crippen LogP contribution in [0.25, 0.3) is 0 Å². The maximum Gasteiger partial charge on any atom is 0.412 e. The van der Waals surface area contributed by atoms with Crippen LogP contribution in [0.1, 0.15) is 31.1 Å². The van der Waals surface area contributed by atoms with Gasteiger partial charge in [0.05, 0.1) is 16.9 Å². The summed E-state index contributed by atoms with van der Waals surface area (Å²) in [6, 6.07) is 10.7. The zero-order chi connectivity index (χ0) is 18.6. The van der Waals surface area contributed by atoms with Crippen LogP contribution in [0, 0.1) is 9.39 Å². The number of amides is 2. The van der Waals surface area contributed by atoms with E-state index in [1.165, 1.54) is 12.1 Å². The van der Waals surface area contributed by atoms with Crippen molar-refractivity contribution < 1.29 is 18.7 Å². The predicted octanol–water partition coefficient (Wildman–Crippen LogP) is 5.03. The van der Waals surface area contributed by atoms with Crippen molar-refractivity contribution in [2.75, 3.05) is 10.6 Å². The maximum absolute atomic E-state index is 13.6. The maximum atomic E-state index is 13.6. The molecule has 0 spiro atoms. The predicted molar refractivity (Wildman–Crippen MR) is 103 cm³/mol. The number of hydrogen-bond acceptors (Lipinski definition) is 3. The van der Waals surface area contributed by atoms with E-state index in [1.54, 1.807) is 39.0 Å². The van der Waals surface area contributed by atoms with E-state index in [0.717, 1.165) is 9.64 Å². The number of ether oxygens (including phenoxy) is 1. The Labute approximate surface area is 159 Å². The highest BCUT2D eigenvalue weighted by molar-refractivity contribution is 14.1. The van der Waals surface area contributed by atoms with Crippen molar-refractivity contribution in [2.24, 2.45) is 0 Å². The summed E-state index contributed by atoms with van der Waals surface area (Å²) in [5, 5.41) is 5.14. The van der Waals surface area contributed by atoms with Gasteiger partial charge in [0.25, 0.3) is 5.91 Å². The van der Waals surface area contributed by atoms with Gasteiger partial charge in [-0.2, -0.15) is 0 Å². The Hall–Kier alpha value is -2.16. The zero-order valence-electron chi connectivity index (χ0n) is 14.0. The molecule has 25 heavy (non-hydrogen) atoms. The van der Waals surface area contributed by atoms with E-state index >= 15 is 0 Å². The summed E-state index contributed by atoms with van der Waals surface area (Å²) in [5.41, 5.74) is 0.175. The average molecular weight is 456 g/mol. The quantitative estimate of drug-likeness (QED) is 0.637. The third-order valence-electron chi connectivity index (χ3n) is 2.98. The van der Waals surface area contributed by atoms with Gasteiger partial charge in [0.1, 0.15) is 11.4 Å². The van der Waals surface area contributed by atoms with Gasteiger partial charge in [-0.05, 0) is 73.7 Å². The Morgan fingerprint density at radius 3 is 2.36 bits per heavy atom. The van der Waals surface area contributed by atoms with Crippen molar-refractivity contribution in [3.8, 4) is 0 Å². The van der Waals surface area contributed by atoms with E-state index in [-0.39, 0.29) is 11.4 Å². The van der Waals surface area contributed by atoms with Crippen LogP contribution in [-0.4, -0.2) is 17.6 Å². The fourth-order valence-corrected chi connectivity index (χ4v) is 2.61. The second-order valence-corrected chi connectivity index (χ2v) is 7.41. The molecule has 5 nitrogen and oxygen atoms in total. The van der Waals surface area contributed by atoms with Crippen LogP contribution in [-0.2, 0) is 4.74 Å². The molecule has 0 heterocycles. The van der Waals surface area contributed by atoms with Crippen LogP contribution in [0.2, 0.25) is 0 Å². The lowest BCUT2D eigenvalue weighted by Crippen LogP contribution is -2.27. The molecule has 2 N–H and O–H groups in total.